The minimum Gasteiger partial charge on any atom is -0.310 e. The molecule has 2 aromatic rings. The molecule has 0 amide bonds. The Bertz CT molecular complexity index is 616. The summed E-state index contributed by atoms with van der Waals surface area (Å²) >= 11 is 0. The zero-order valence-electron chi connectivity index (χ0n) is 9.91. The van der Waals surface area contributed by atoms with E-state index in [0.29, 0.717) is 17.4 Å². The van der Waals surface area contributed by atoms with Gasteiger partial charge in [-0.25, -0.2) is 0 Å². The van der Waals surface area contributed by atoms with Crippen LogP contribution >= 0.6 is 0 Å². The van der Waals surface area contributed by atoms with Crippen molar-refractivity contribution in [3.8, 4) is 11.4 Å². The fraction of sp³-hybridized carbons (Fsp3) is 0.333. The lowest BCUT2D eigenvalue weighted by molar-refractivity contribution is -0.384. The fourth-order valence-electron chi connectivity index (χ4n) is 2.04. The van der Waals surface area contributed by atoms with Crippen molar-refractivity contribution in [2.24, 2.45) is 0 Å². The van der Waals surface area contributed by atoms with Gasteiger partial charge in [-0.05, 0) is 31.4 Å². The van der Waals surface area contributed by atoms with E-state index >= 15 is 0 Å². The van der Waals surface area contributed by atoms with E-state index in [4.69, 9.17) is 0 Å². The van der Waals surface area contributed by atoms with Gasteiger partial charge in [-0.1, -0.05) is 6.07 Å². The average molecular weight is 244 g/mol. The van der Waals surface area contributed by atoms with E-state index in [1.54, 1.807) is 18.5 Å². The van der Waals surface area contributed by atoms with Gasteiger partial charge >= 0.3 is 0 Å². The van der Waals surface area contributed by atoms with Gasteiger partial charge in [0.15, 0.2) is 5.82 Å². The lowest BCUT2D eigenvalue weighted by Gasteiger charge is -2.06. The van der Waals surface area contributed by atoms with Crippen LogP contribution < -0.4 is 0 Å². The smallest absolute Gasteiger partial charge is 0.280 e. The minimum atomic E-state index is -0.374. The summed E-state index contributed by atoms with van der Waals surface area (Å²) in [5.74, 6) is 0.591. The Hall–Kier alpha value is -2.24. The number of aryl methyl sites for hydroxylation is 1. The molecule has 0 saturated heterocycles. The molecule has 1 aliphatic rings. The molecule has 0 spiro atoms. The van der Waals surface area contributed by atoms with Gasteiger partial charge < -0.3 is 4.57 Å². The van der Waals surface area contributed by atoms with Crippen LogP contribution in [-0.4, -0.2) is 19.7 Å². The van der Waals surface area contributed by atoms with Gasteiger partial charge in [-0.2, -0.15) is 0 Å². The Labute approximate surface area is 103 Å². The van der Waals surface area contributed by atoms with Crippen LogP contribution in [0.15, 0.2) is 24.5 Å². The lowest BCUT2D eigenvalue weighted by Crippen LogP contribution is -2.00. The summed E-state index contributed by atoms with van der Waals surface area (Å²) in [5, 5.41) is 19.0. The molecule has 0 aliphatic heterocycles. The van der Waals surface area contributed by atoms with Gasteiger partial charge in [-0.15, -0.1) is 10.2 Å². The second kappa shape index (κ2) is 3.90. The summed E-state index contributed by atoms with van der Waals surface area (Å²) in [4.78, 5) is 10.7. The van der Waals surface area contributed by atoms with Crippen LogP contribution in [0, 0.1) is 17.0 Å². The second-order valence-electron chi connectivity index (χ2n) is 4.57. The highest BCUT2D eigenvalue weighted by Crippen LogP contribution is 2.39. The second-order valence-corrected chi connectivity index (χ2v) is 4.57. The number of rotatable bonds is 3. The number of nitro groups is 1. The van der Waals surface area contributed by atoms with Crippen LogP contribution in [0.2, 0.25) is 0 Å². The van der Waals surface area contributed by atoms with Crippen LogP contribution in [0.1, 0.15) is 24.4 Å². The Morgan fingerprint density at radius 3 is 2.89 bits per heavy atom. The quantitative estimate of drug-likeness (QED) is 0.614. The molecule has 0 radical (unpaired) electrons. The summed E-state index contributed by atoms with van der Waals surface area (Å²) < 4.78 is 1.93. The number of hydrogen-bond donors (Lipinski definition) is 0. The molecule has 0 N–H and O–H groups in total. The van der Waals surface area contributed by atoms with Gasteiger partial charge in [0.05, 0.1) is 10.5 Å². The predicted octanol–water partition coefficient (Wildman–Crippen LogP) is 2.50. The van der Waals surface area contributed by atoms with E-state index < -0.39 is 0 Å². The SMILES string of the molecule is Cc1ccc([N+](=O)[O-])c(-c2nncn2C2CC2)c1. The van der Waals surface area contributed by atoms with E-state index in [1.165, 1.54) is 6.07 Å². The van der Waals surface area contributed by atoms with Crippen LogP contribution in [0.4, 0.5) is 5.69 Å². The first-order chi connectivity index (χ1) is 8.66. The molecule has 0 atom stereocenters. The first-order valence-electron chi connectivity index (χ1n) is 5.82. The molecule has 1 heterocycles. The zero-order chi connectivity index (χ0) is 12.7. The highest BCUT2D eigenvalue weighted by molar-refractivity contribution is 5.69. The number of hydrogen-bond acceptors (Lipinski definition) is 4. The fourth-order valence-corrected chi connectivity index (χ4v) is 2.04. The largest absolute Gasteiger partial charge is 0.310 e. The molecular weight excluding hydrogens is 232 g/mol. The van der Waals surface area contributed by atoms with Gasteiger partial charge in [0, 0.05) is 12.1 Å². The number of benzene rings is 1. The monoisotopic (exact) mass is 244 g/mol. The molecule has 0 bridgehead atoms. The number of aromatic nitrogens is 3. The first kappa shape index (κ1) is 10.9. The molecule has 92 valence electrons. The van der Waals surface area contributed by atoms with Crippen LogP contribution in [0.25, 0.3) is 11.4 Å². The first-order valence-corrected chi connectivity index (χ1v) is 5.82. The molecule has 6 heteroatoms. The molecular formula is C12H12N4O2. The average Bonchev–Trinajstić information content (AvgIpc) is 3.06. The van der Waals surface area contributed by atoms with Crippen molar-refractivity contribution in [2.45, 2.75) is 25.8 Å². The molecule has 3 rings (SSSR count). The van der Waals surface area contributed by atoms with Gasteiger partial charge in [-0.3, -0.25) is 10.1 Å². The Kier molecular flexibility index (Phi) is 2.36. The Morgan fingerprint density at radius 2 is 2.22 bits per heavy atom. The van der Waals surface area contributed by atoms with Crippen LogP contribution in [-0.2, 0) is 0 Å². The highest BCUT2D eigenvalue weighted by Gasteiger charge is 2.29. The molecule has 0 unspecified atom stereocenters. The summed E-state index contributed by atoms with van der Waals surface area (Å²) in [6.07, 6.45) is 3.83. The summed E-state index contributed by atoms with van der Waals surface area (Å²) in [7, 11) is 0. The normalized spacial score (nSPS) is 14.7. The zero-order valence-corrected chi connectivity index (χ0v) is 9.91. The molecule has 1 fully saturated rings. The lowest BCUT2D eigenvalue weighted by atomic mass is 10.1. The minimum absolute atomic E-state index is 0.0792. The molecule has 1 aliphatic carbocycles. The summed E-state index contributed by atoms with van der Waals surface area (Å²) in [6, 6.07) is 5.45. The van der Waals surface area contributed by atoms with E-state index in [2.05, 4.69) is 10.2 Å². The number of nitrogens with zero attached hydrogens (tertiary/aromatic N) is 4. The molecule has 6 nitrogen and oxygen atoms in total. The standard InChI is InChI=1S/C12H12N4O2/c1-8-2-5-11(16(17)18)10(6-8)12-14-13-7-15(12)9-3-4-9/h2,5-7,9H,3-4H2,1H3. The highest BCUT2D eigenvalue weighted by atomic mass is 16.6. The third-order valence-corrected chi connectivity index (χ3v) is 3.10. The van der Waals surface area contributed by atoms with Crippen molar-refractivity contribution in [2.75, 3.05) is 0 Å². The van der Waals surface area contributed by atoms with Crippen molar-refractivity contribution in [1.82, 2.24) is 14.8 Å². The molecule has 1 aromatic carbocycles. The van der Waals surface area contributed by atoms with E-state index in [1.807, 2.05) is 11.5 Å². The molecule has 18 heavy (non-hydrogen) atoms. The van der Waals surface area contributed by atoms with Crippen molar-refractivity contribution in [3.05, 3.63) is 40.2 Å². The van der Waals surface area contributed by atoms with E-state index in [-0.39, 0.29) is 10.6 Å². The van der Waals surface area contributed by atoms with Crippen molar-refractivity contribution >= 4 is 5.69 Å². The van der Waals surface area contributed by atoms with Gasteiger partial charge in [0.25, 0.3) is 5.69 Å². The Morgan fingerprint density at radius 1 is 1.44 bits per heavy atom. The summed E-state index contributed by atoms with van der Waals surface area (Å²) in [5.41, 5.74) is 1.60. The Balaban J connectivity index is 2.17. The van der Waals surface area contributed by atoms with Crippen molar-refractivity contribution in [3.63, 3.8) is 0 Å². The van der Waals surface area contributed by atoms with Crippen molar-refractivity contribution < 1.29 is 4.92 Å². The van der Waals surface area contributed by atoms with E-state index in [0.717, 1.165) is 18.4 Å². The summed E-state index contributed by atoms with van der Waals surface area (Å²) in [6.45, 7) is 1.91. The predicted molar refractivity (Wildman–Crippen MR) is 65.1 cm³/mol. The van der Waals surface area contributed by atoms with Gasteiger partial charge in [0.1, 0.15) is 6.33 Å². The number of nitro benzene ring substituents is 1. The van der Waals surface area contributed by atoms with E-state index in [9.17, 15) is 10.1 Å². The topological polar surface area (TPSA) is 73.8 Å². The molecule has 1 aromatic heterocycles. The molecule has 1 saturated carbocycles. The maximum Gasteiger partial charge on any atom is 0.280 e. The van der Waals surface area contributed by atoms with Crippen molar-refractivity contribution in [1.29, 1.82) is 0 Å². The third kappa shape index (κ3) is 1.75. The van der Waals surface area contributed by atoms with Crippen LogP contribution in [0.3, 0.4) is 0 Å². The maximum absolute atomic E-state index is 11.1. The third-order valence-electron chi connectivity index (χ3n) is 3.10. The van der Waals surface area contributed by atoms with Gasteiger partial charge in [0.2, 0.25) is 0 Å². The maximum atomic E-state index is 11.1. The van der Waals surface area contributed by atoms with Crippen LogP contribution in [0.5, 0.6) is 0 Å².